The van der Waals surface area contributed by atoms with E-state index in [1.807, 2.05) is 47.4 Å². The molecule has 2 heterocycles. The lowest BCUT2D eigenvalue weighted by Gasteiger charge is -2.36. The van der Waals surface area contributed by atoms with Gasteiger partial charge >= 0.3 is 0 Å². The number of para-hydroxylation sites is 2. The van der Waals surface area contributed by atoms with Gasteiger partial charge in [-0.15, -0.1) is 0 Å². The first-order valence-corrected chi connectivity index (χ1v) is 8.43. The largest absolute Gasteiger partial charge is 0.493 e. The van der Waals surface area contributed by atoms with E-state index in [2.05, 4.69) is 9.88 Å². The van der Waals surface area contributed by atoms with E-state index in [1.165, 1.54) is 0 Å². The average molecular weight is 341 g/mol. The molecule has 0 N–H and O–H groups in total. The molecule has 1 aromatic carbocycles. The van der Waals surface area contributed by atoms with Crippen LogP contribution in [0.5, 0.6) is 11.5 Å². The van der Waals surface area contributed by atoms with E-state index in [1.54, 1.807) is 20.2 Å². The monoisotopic (exact) mass is 341 g/mol. The molecule has 6 heteroatoms. The second kappa shape index (κ2) is 7.88. The summed E-state index contributed by atoms with van der Waals surface area (Å²) in [6.45, 7) is 4.64. The number of anilines is 1. The van der Waals surface area contributed by atoms with Crippen molar-refractivity contribution in [2.24, 2.45) is 0 Å². The van der Waals surface area contributed by atoms with Crippen molar-refractivity contribution in [3.8, 4) is 11.5 Å². The Bertz CT molecular complexity index is 700. The highest BCUT2D eigenvalue weighted by atomic mass is 16.5. The number of hydrogen-bond donors (Lipinski definition) is 0. The van der Waals surface area contributed by atoms with Crippen LogP contribution >= 0.6 is 0 Å². The molecular weight excluding hydrogens is 318 g/mol. The van der Waals surface area contributed by atoms with Gasteiger partial charge in [-0.1, -0.05) is 18.2 Å². The van der Waals surface area contributed by atoms with E-state index in [-0.39, 0.29) is 5.91 Å². The van der Waals surface area contributed by atoms with E-state index in [0.717, 1.165) is 18.9 Å². The number of aromatic nitrogens is 1. The van der Waals surface area contributed by atoms with Crippen molar-refractivity contribution >= 4 is 11.7 Å². The minimum absolute atomic E-state index is 0.00780. The Kier molecular flexibility index (Phi) is 5.38. The molecule has 1 aliphatic heterocycles. The van der Waals surface area contributed by atoms with Crippen LogP contribution in [0, 0.1) is 0 Å². The first-order chi connectivity index (χ1) is 12.2. The van der Waals surface area contributed by atoms with Crippen LogP contribution in [0.4, 0.5) is 5.82 Å². The third-order valence-electron chi connectivity index (χ3n) is 4.29. The van der Waals surface area contributed by atoms with E-state index < -0.39 is 6.10 Å². The molecule has 2 aromatic rings. The van der Waals surface area contributed by atoms with Gasteiger partial charge in [0.25, 0.3) is 5.91 Å². The molecular formula is C19H23N3O3. The lowest BCUT2D eigenvalue weighted by Crippen LogP contribution is -2.52. The number of methoxy groups -OCH3 is 1. The lowest BCUT2D eigenvalue weighted by atomic mass is 10.2. The maximum Gasteiger partial charge on any atom is 0.263 e. The summed E-state index contributed by atoms with van der Waals surface area (Å²) in [4.78, 5) is 21.1. The Morgan fingerprint density at radius 2 is 1.72 bits per heavy atom. The fraction of sp³-hybridized carbons (Fsp3) is 0.368. The van der Waals surface area contributed by atoms with Gasteiger partial charge in [0.2, 0.25) is 0 Å². The number of piperazine rings is 1. The van der Waals surface area contributed by atoms with Crippen molar-refractivity contribution < 1.29 is 14.3 Å². The Morgan fingerprint density at radius 3 is 2.36 bits per heavy atom. The summed E-state index contributed by atoms with van der Waals surface area (Å²) in [5.74, 6) is 2.15. The van der Waals surface area contributed by atoms with Gasteiger partial charge in [0, 0.05) is 32.4 Å². The number of carbonyl (C=O) groups is 1. The number of benzene rings is 1. The maximum atomic E-state index is 12.7. The normalized spacial score (nSPS) is 15.6. The van der Waals surface area contributed by atoms with Crippen LogP contribution in [-0.4, -0.2) is 55.2 Å². The molecule has 0 bridgehead atoms. The van der Waals surface area contributed by atoms with Crippen LogP contribution in [0.25, 0.3) is 0 Å². The Hall–Kier alpha value is -2.76. The second-order valence-electron chi connectivity index (χ2n) is 5.91. The predicted molar refractivity (Wildman–Crippen MR) is 96.1 cm³/mol. The zero-order valence-corrected chi connectivity index (χ0v) is 14.6. The first-order valence-electron chi connectivity index (χ1n) is 8.43. The van der Waals surface area contributed by atoms with Crippen molar-refractivity contribution in [2.45, 2.75) is 13.0 Å². The third kappa shape index (κ3) is 4.02. The summed E-state index contributed by atoms with van der Waals surface area (Å²) >= 11 is 0. The van der Waals surface area contributed by atoms with Gasteiger partial charge < -0.3 is 19.3 Å². The molecule has 1 fully saturated rings. The highest BCUT2D eigenvalue weighted by Gasteiger charge is 2.27. The van der Waals surface area contributed by atoms with Crippen molar-refractivity contribution in [1.82, 2.24) is 9.88 Å². The van der Waals surface area contributed by atoms with Gasteiger partial charge in [0.1, 0.15) is 5.82 Å². The number of ether oxygens (including phenoxy) is 2. The molecule has 0 aliphatic carbocycles. The van der Waals surface area contributed by atoms with Crippen LogP contribution < -0.4 is 14.4 Å². The van der Waals surface area contributed by atoms with Gasteiger partial charge in [-0.2, -0.15) is 0 Å². The molecule has 132 valence electrons. The number of hydrogen-bond acceptors (Lipinski definition) is 5. The maximum absolute atomic E-state index is 12.7. The van der Waals surface area contributed by atoms with Crippen molar-refractivity contribution in [3.05, 3.63) is 48.7 Å². The topological polar surface area (TPSA) is 54.9 Å². The number of pyridine rings is 1. The van der Waals surface area contributed by atoms with Crippen LogP contribution in [-0.2, 0) is 4.79 Å². The van der Waals surface area contributed by atoms with E-state index in [0.29, 0.717) is 24.6 Å². The standard InChI is InChI=1S/C19H23N3O3/c1-15(25-17-8-4-3-7-16(17)24-2)19(23)22-13-11-21(12-14-22)18-9-5-6-10-20-18/h3-10,15H,11-14H2,1-2H3/t15-/m0/s1. The molecule has 3 rings (SSSR count). The Morgan fingerprint density at radius 1 is 1.04 bits per heavy atom. The smallest absolute Gasteiger partial charge is 0.263 e. The zero-order chi connectivity index (χ0) is 17.6. The van der Waals surface area contributed by atoms with Gasteiger partial charge in [-0.05, 0) is 31.2 Å². The third-order valence-corrected chi connectivity index (χ3v) is 4.29. The lowest BCUT2D eigenvalue weighted by molar-refractivity contribution is -0.138. The molecule has 0 unspecified atom stereocenters. The first kappa shape index (κ1) is 17.1. The molecule has 0 radical (unpaired) electrons. The highest BCUT2D eigenvalue weighted by molar-refractivity contribution is 5.81. The fourth-order valence-electron chi connectivity index (χ4n) is 2.91. The number of carbonyl (C=O) groups excluding carboxylic acids is 1. The van der Waals surface area contributed by atoms with E-state index >= 15 is 0 Å². The SMILES string of the molecule is COc1ccccc1O[C@@H](C)C(=O)N1CCN(c2ccccn2)CC1. The molecule has 6 nitrogen and oxygen atoms in total. The van der Waals surface area contributed by atoms with Crippen molar-refractivity contribution in [1.29, 1.82) is 0 Å². The molecule has 25 heavy (non-hydrogen) atoms. The van der Waals surface area contributed by atoms with E-state index in [9.17, 15) is 4.79 Å². The van der Waals surface area contributed by atoms with E-state index in [4.69, 9.17) is 9.47 Å². The number of amides is 1. The van der Waals surface area contributed by atoms with Crippen LogP contribution in [0.2, 0.25) is 0 Å². The van der Waals surface area contributed by atoms with Crippen molar-refractivity contribution in [3.63, 3.8) is 0 Å². The number of rotatable bonds is 5. The molecule has 1 amide bonds. The summed E-state index contributed by atoms with van der Waals surface area (Å²) in [6, 6.07) is 13.2. The summed E-state index contributed by atoms with van der Waals surface area (Å²) in [7, 11) is 1.59. The fourth-order valence-corrected chi connectivity index (χ4v) is 2.91. The van der Waals surface area contributed by atoms with Crippen LogP contribution in [0.15, 0.2) is 48.7 Å². The highest BCUT2D eigenvalue weighted by Crippen LogP contribution is 2.27. The molecule has 0 saturated carbocycles. The molecule has 1 aromatic heterocycles. The summed E-state index contributed by atoms with van der Waals surface area (Å²) in [6.07, 6.45) is 1.23. The quantitative estimate of drug-likeness (QED) is 0.835. The number of nitrogens with zero attached hydrogens (tertiary/aromatic N) is 3. The van der Waals surface area contributed by atoms with Gasteiger partial charge in [0.05, 0.1) is 7.11 Å². The van der Waals surface area contributed by atoms with Crippen LogP contribution in [0.1, 0.15) is 6.92 Å². The van der Waals surface area contributed by atoms with Gasteiger partial charge in [-0.3, -0.25) is 4.79 Å². The Labute approximate surface area is 148 Å². The minimum atomic E-state index is -0.558. The van der Waals surface area contributed by atoms with Crippen LogP contribution in [0.3, 0.4) is 0 Å². The van der Waals surface area contributed by atoms with Gasteiger partial charge in [0.15, 0.2) is 17.6 Å². The average Bonchev–Trinajstić information content (AvgIpc) is 2.68. The second-order valence-corrected chi connectivity index (χ2v) is 5.91. The Balaban J connectivity index is 1.57. The predicted octanol–water partition coefficient (Wildman–Crippen LogP) is 2.21. The summed E-state index contributed by atoms with van der Waals surface area (Å²) in [5.41, 5.74) is 0. The molecule has 1 aliphatic rings. The van der Waals surface area contributed by atoms with Crippen molar-refractivity contribution in [2.75, 3.05) is 38.2 Å². The zero-order valence-electron chi connectivity index (χ0n) is 14.6. The van der Waals surface area contributed by atoms with Gasteiger partial charge in [-0.25, -0.2) is 4.98 Å². The summed E-state index contributed by atoms with van der Waals surface area (Å²) in [5, 5.41) is 0. The molecule has 1 atom stereocenters. The summed E-state index contributed by atoms with van der Waals surface area (Å²) < 4.78 is 11.1. The molecule has 0 spiro atoms. The minimum Gasteiger partial charge on any atom is -0.493 e. The molecule has 1 saturated heterocycles.